The van der Waals surface area contributed by atoms with Crippen LogP contribution in [-0.2, 0) is 16.1 Å². The third kappa shape index (κ3) is 2.72. The first-order valence-electron chi connectivity index (χ1n) is 12.8. The Labute approximate surface area is 209 Å². The summed E-state index contributed by atoms with van der Waals surface area (Å²) in [5, 5.41) is 22.2. The number of halogens is 2. The maximum absolute atomic E-state index is 17.3. The number of hydrogen-bond donors (Lipinski definition) is 2. The second kappa shape index (κ2) is 7.38. The normalized spacial score (nSPS) is 47.7. The van der Waals surface area contributed by atoms with Gasteiger partial charge in [0.1, 0.15) is 17.7 Å². The molecular formula is C28H33F2NO5. The number of aryl methyl sites for hydroxylation is 1. The van der Waals surface area contributed by atoms with Gasteiger partial charge in [-0.1, -0.05) is 13.0 Å². The minimum absolute atomic E-state index is 0.0250. The van der Waals surface area contributed by atoms with Crippen molar-refractivity contribution in [2.75, 3.05) is 13.1 Å². The van der Waals surface area contributed by atoms with Gasteiger partial charge in [-0.05, 0) is 80.2 Å². The zero-order valence-corrected chi connectivity index (χ0v) is 20.8. The molecule has 0 bridgehead atoms. The van der Waals surface area contributed by atoms with E-state index in [1.165, 1.54) is 18.2 Å². The van der Waals surface area contributed by atoms with Gasteiger partial charge in [0.2, 0.25) is 0 Å². The van der Waals surface area contributed by atoms with E-state index in [1.807, 2.05) is 26.0 Å². The van der Waals surface area contributed by atoms with Crippen LogP contribution in [-0.4, -0.2) is 57.9 Å². The first-order valence-corrected chi connectivity index (χ1v) is 12.8. The van der Waals surface area contributed by atoms with Crippen molar-refractivity contribution in [1.82, 2.24) is 4.90 Å². The number of fused-ring (bicyclic) bond motifs is 7. The summed E-state index contributed by atoms with van der Waals surface area (Å²) in [6, 6.07) is 3.77. The molecule has 1 aliphatic heterocycles. The Hall–Kier alpha value is -2.32. The van der Waals surface area contributed by atoms with E-state index in [9.17, 15) is 19.8 Å². The topological polar surface area (TPSA) is 91.0 Å². The van der Waals surface area contributed by atoms with Crippen molar-refractivity contribution in [2.24, 2.45) is 34.0 Å². The highest BCUT2D eigenvalue weighted by molar-refractivity contribution is 6.01. The molecule has 0 spiro atoms. The minimum Gasteiger partial charge on any atom is -0.481 e. The van der Waals surface area contributed by atoms with E-state index in [0.717, 1.165) is 11.5 Å². The van der Waals surface area contributed by atoms with Crippen molar-refractivity contribution in [2.45, 2.75) is 64.5 Å². The number of nitrogens with zero attached hydrogens (tertiary/aromatic N) is 1. The van der Waals surface area contributed by atoms with Crippen LogP contribution in [0.4, 0.5) is 8.78 Å². The van der Waals surface area contributed by atoms with Crippen molar-refractivity contribution < 1.29 is 33.0 Å². The van der Waals surface area contributed by atoms with Gasteiger partial charge in [-0.15, -0.1) is 0 Å². The third-order valence-electron chi connectivity index (χ3n) is 10.8. The Morgan fingerprint density at radius 1 is 1.25 bits per heavy atom. The number of likely N-dealkylation sites (tertiary alicyclic amines) is 1. The van der Waals surface area contributed by atoms with Crippen molar-refractivity contribution in [3.8, 4) is 0 Å². The van der Waals surface area contributed by atoms with Crippen LogP contribution in [0.15, 0.2) is 40.4 Å². The third-order valence-corrected chi connectivity index (χ3v) is 10.8. The molecule has 1 unspecified atom stereocenters. The van der Waals surface area contributed by atoms with Gasteiger partial charge < -0.3 is 14.6 Å². The second-order valence-corrected chi connectivity index (χ2v) is 12.3. The molecule has 4 fully saturated rings. The fourth-order valence-electron chi connectivity index (χ4n) is 9.14. The van der Waals surface area contributed by atoms with E-state index in [2.05, 4.69) is 4.90 Å². The van der Waals surface area contributed by atoms with Crippen molar-refractivity contribution in [1.29, 1.82) is 0 Å². The fourth-order valence-corrected chi connectivity index (χ4v) is 9.14. The fraction of sp³-hybridized carbons (Fsp3) is 0.643. The van der Waals surface area contributed by atoms with Crippen LogP contribution >= 0.6 is 0 Å². The Morgan fingerprint density at radius 3 is 2.67 bits per heavy atom. The maximum atomic E-state index is 17.3. The number of carboxylic acids is 1. The van der Waals surface area contributed by atoms with Gasteiger partial charge in [0.05, 0.1) is 18.1 Å². The average Bonchev–Trinajstić information content (AvgIpc) is 3.44. The van der Waals surface area contributed by atoms with Crippen molar-refractivity contribution in [3.05, 3.63) is 47.5 Å². The van der Waals surface area contributed by atoms with E-state index < -0.39 is 52.0 Å². The highest BCUT2D eigenvalue weighted by atomic mass is 19.1. The summed E-state index contributed by atoms with van der Waals surface area (Å²) in [4.78, 5) is 27.1. The minimum atomic E-state index is -2.19. The molecular weight excluding hydrogens is 468 g/mol. The van der Waals surface area contributed by atoms with E-state index >= 15 is 8.78 Å². The molecule has 194 valence electrons. The number of alkyl halides is 2. The molecule has 2 heterocycles. The summed E-state index contributed by atoms with van der Waals surface area (Å²) in [5.41, 5.74) is -5.65. The first kappa shape index (κ1) is 24.0. The first-order chi connectivity index (χ1) is 16.9. The van der Waals surface area contributed by atoms with Crippen LogP contribution in [0.25, 0.3) is 0 Å². The molecule has 1 aromatic heterocycles. The van der Waals surface area contributed by atoms with Gasteiger partial charge in [-0.3, -0.25) is 14.5 Å². The number of aliphatic hydroxyl groups excluding tert-OH is 1. The zero-order valence-electron chi connectivity index (χ0n) is 20.8. The molecule has 1 aromatic rings. The molecule has 6 rings (SSSR count). The van der Waals surface area contributed by atoms with Crippen molar-refractivity contribution >= 4 is 11.8 Å². The van der Waals surface area contributed by atoms with Gasteiger partial charge in [-0.2, -0.15) is 0 Å². The Balaban J connectivity index is 1.39. The van der Waals surface area contributed by atoms with Crippen LogP contribution in [0.1, 0.15) is 44.6 Å². The van der Waals surface area contributed by atoms with Crippen molar-refractivity contribution in [3.63, 3.8) is 0 Å². The molecule has 9 atom stereocenters. The van der Waals surface area contributed by atoms with Gasteiger partial charge in [0, 0.05) is 24.4 Å². The molecule has 0 radical (unpaired) electrons. The molecule has 0 amide bonds. The smallest absolute Gasteiger partial charge is 0.311 e. The second-order valence-electron chi connectivity index (χ2n) is 12.3. The molecule has 4 aliphatic carbocycles. The monoisotopic (exact) mass is 501 g/mol. The number of hydrogen-bond acceptors (Lipinski definition) is 5. The lowest BCUT2D eigenvalue weighted by molar-refractivity contribution is -0.215. The zero-order chi connectivity index (χ0) is 25.8. The number of carbonyl (C=O) groups excluding carboxylic acids is 1. The molecule has 8 heteroatoms. The lowest BCUT2D eigenvalue weighted by Crippen LogP contribution is -2.69. The summed E-state index contributed by atoms with van der Waals surface area (Å²) in [5.74, 6) is -1.27. The molecule has 5 aliphatic rings. The van der Waals surface area contributed by atoms with Gasteiger partial charge in [-0.25, -0.2) is 8.78 Å². The summed E-state index contributed by atoms with van der Waals surface area (Å²) < 4.78 is 38.6. The number of aliphatic carboxylic acids is 1. The van der Waals surface area contributed by atoms with Crippen LogP contribution in [0.5, 0.6) is 0 Å². The Morgan fingerprint density at radius 2 is 2.00 bits per heavy atom. The molecule has 0 aromatic carbocycles. The number of ketones is 1. The summed E-state index contributed by atoms with van der Waals surface area (Å²) in [6.45, 7) is 6.58. The lowest BCUT2D eigenvalue weighted by Gasteiger charge is -2.63. The highest BCUT2D eigenvalue weighted by Crippen LogP contribution is 2.74. The van der Waals surface area contributed by atoms with E-state index in [0.29, 0.717) is 19.5 Å². The highest BCUT2D eigenvalue weighted by Gasteiger charge is 2.78. The molecule has 6 nitrogen and oxygen atoms in total. The number of carboxylic acid groups (broad SMARTS) is 1. The number of furan rings is 1. The summed E-state index contributed by atoms with van der Waals surface area (Å²) in [7, 11) is 0. The molecule has 2 N–H and O–H groups in total. The molecule has 36 heavy (non-hydrogen) atoms. The van der Waals surface area contributed by atoms with Gasteiger partial charge in [0.15, 0.2) is 11.5 Å². The van der Waals surface area contributed by atoms with Crippen LogP contribution in [0.3, 0.4) is 0 Å². The Bertz CT molecular complexity index is 1210. The van der Waals surface area contributed by atoms with Gasteiger partial charge >= 0.3 is 5.97 Å². The molecule has 1 saturated heterocycles. The number of carbonyl (C=O) groups is 2. The van der Waals surface area contributed by atoms with E-state index in [-0.39, 0.29) is 36.7 Å². The molecule has 3 saturated carbocycles. The standard InChI is InChI=1S/C28H33F2NO5/c1-15-4-5-18(36-15)13-31-12-16-8-19-20-10-22(29)21-9-17(32)6-7-25(21,2)28(20,30)23(33)11-26(19,3)27(16,14-31)24(34)35/h4-7,9,16,19-20,22-23,33H,8,10-14H2,1-3H3,(H,34,35)/t16-,19?,20-,22-,23-,25-,26-,27+,28-/m0/s1. The summed E-state index contributed by atoms with van der Waals surface area (Å²) >= 11 is 0. The lowest BCUT2D eigenvalue weighted by atomic mass is 9.43. The largest absolute Gasteiger partial charge is 0.481 e. The van der Waals surface area contributed by atoms with E-state index in [1.54, 1.807) is 6.92 Å². The van der Waals surface area contributed by atoms with E-state index in [4.69, 9.17) is 4.42 Å². The van der Waals surface area contributed by atoms with Gasteiger partial charge in [0.25, 0.3) is 0 Å². The van der Waals surface area contributed by atoms with Crippen LogP contribution < -0.4 is 0 Å². The number of rotatable bonds is 3. The van der Waals surface area contributed by atoms with Crippen LogP contribution in [0, 0.1) is 40.9 Å². The Kier molecular flexibility index (Phi) is 4.93. The maximum Gasteiger partial charge on any atom is 0.311 e. The number of allylic oxidation sites excluding steroid dienone is 4. The SMILES string of the molecule is Cc1ccc(CN2C[C@@H]3CC4[C@@H]5C[C@H](F)C6=CC(=O)C=C[C@]6(C)[C@@]5(F)[C@@H](O)C[C@]4(C)[C@]3(C(=O)O)C2)o1. The average molecular weight is 502 g/mol. The number of aliphatic hydroxyl groups is 1. The summed E-state index contributed by atoms with van der Waals surface area (Å²) in [6.07, 6.45) is 1.13. The predicted octanol–water partition coefficient (Wildman–Crippen LogP) is 4.02. The van der Waals surface area contributed by atoms with Crippen LogP contribution in [0.2, 0.25) is 0 Å². The predicted molar refractivity (Wildman–Crippen MR) is 126 cm³/mol. The quantitative estimate of drug-likeness (QED) is 0.650.